The van der Waals surface area contributed by atoms with Crippen molar-refractivity contribution in [1.29, 1.82) is 0 Å². The quantitative estimate of drug-likeness (QED) is 0.397. The SMILES string of the molecule is CC(C)Nc1cncc(-c2ccc3cnc(CC(=O)c4ccnc(N5CCN(C)CC5)c4)cc3n2)n1. The largest absolute Gasteiger partial charge is 0.367 e. The second-order valence-electron chi connectivity index (χ2n) is 9.45. The Bertz CT molecular complexity index is 1380. The van der Waals surface area contributed by atoms with E-state index in [9.17, 15) is 4.79 Å². The molecule has 4 aromatic heterocycles. The van der Waals surface area contributed by atoms with Gasteiger partial charge in [0.25, 0.3) is 0 Å². The highest BCUT2D eigenvalue weighted by molar-refractivity contribution is 5.98. The van der Waals surface area contributed by atoms with Crippen molar-refractivity contribution in [3.05, 3.63) is 66.4 Å². The van der Waals surface area contributed by atoms with Crippen LogP contribution in [0.5, 0.6) is 0 Å². The summed E-state index contributed by atoms with van der Waals surface area (Å²) < 4.78 is 0. The smallest absolute Gasteiger partial charge is 0.169 e. The van der Waals surface area contributed by atoms with Crippen LogP contribution in [0.1, 0.15) is 29.9 Å². The second kappa shape index (κ2) is 10.3. The molecule has 0 aromatic carbocycles. The third kappa shape index (κ3) is 5.46. The Morgan fingerprint density at radius 3 is 2.61 bits per heavy atom. The van der Waals surface area contributed by atoms with E-state index in [4.69, 9.17) is 4.98 Å². The molecule has 9 nitrogen and oxygen atoms in total. The van der Waals surface area contributed by atoms with Crippen molar-refractivity contribution < 1.29 is 4.79 Å². The molecule has 1 saturated heterocycles. The zero-order chi connectivity index (χ0) is 25.1. The van der Waals surface area contributed by atoms with Crippen LogP contribution in [0.3, 0.4) is 0 Å². The monoisotopic (exact) mass is 482 g/mol. The Kier molecular flexibility index (Phi) is 6.81. The Morgan fingerprint density at radius 1 is 0.972 bits per heavy atom. The van der Waals surface area contributed by atoms with Gasteiger partial charge in [-0.25, -0.2) is 15.0 Å². The van der Waals surface area contributed by atoms with Crippen molar-refractivity contribution >= 4 is 28.3 Å². The van der Waals surface area contributed by atoms with Crippen molar-refractivity contribution in [3.63, 3.8) is 0 Å². The number of Topliss-reactive ketones (excluding diaryl/α,β-unsaturated/α-hetero) is 1. The number of anilines is 2. The Morgan fingerprint density at radius 2 is 1.81 bits per heavy atom. The first-order valence-corrected chi connectivity index (χ1v) is 12.2. The van der Waals surface area contributed by atoms with Gasteiger partial charge in [-0.1, -0.05) is 0 Å². The number of carbonyl (C=O) groups excluding carboxylic acids is 1. The molecule has 0 atom stereocenters. The van der Waals surface area contributed by atoms with E-state index in [0.717, 1.165) is 48.6 Å². The van der Waals surface area contributed by atoms with Crippen molar-refractivity contribution in [2.75, 3.05) is 43.4 Å². The molecule has 0 saturated carbocycles. The zero-order valence-corrected chi connectivity index (χ0v) is 20.8. The highest BCUT2D eigenvalue weighted by Crippen LogP contribution is 2.21. The molecule has 0 amide bonds. The molecule has 5 heterocycles. The number of nitrogens with zero attached hydrogens (tertiary/aromatic N) is 7. The molecule has 1 aliphatic heterocycles. The summed E-state index contributed by atoms with van der Waals surface area (Å²) >= 11 is 0. The third-order valence-electron chi connectivity index (χ3n) is 6.20. The molecule has 0 unspecified atom stereocenters. The van der Waals surface area contributed by atoms with Gasteiger partial charge in [0.2, 0.25) is 0 Å². The molecule has 0 spiro atoms. The van der Waals surface area contributed by atoms with Crippen molar-refractivity contribution in [1.82, 2.24) is 29.8 Å². The number of hydrogen-bond donors (Lipinski definition) is 1. The molecule has 184 valence electrons. The molecule has 5 rings (SSSR count). The van der Waals surface area contributed by atoms with Gasteiger partial charge in [-0.15, -0.1) is 0 Å². The summed E-state index contributed by atoms with van der Waals surface area (Å²) in [5, 5.41) is 4.17. The van der Waals surface area contributed by atoms with Gasteiger partial charge in [0, 0.05) is 55.6 Å². The fourth-order valence-corrected chi connectivity index (χ4v) is 4.22. The first-order chi connectivity index (χ1) is 17.4. The molecule has 1 N–H and O–H groups in total. The average Bonchev–Trinajstić information content (AvgIpc) is 2.88. The van der Waals surface area contributed by atoms with Gasteiger partial charge in [0.05, 0.1) is 35.7 Å². The van der Waals surface area contributed by atoms with E-state index < -0.39 is 0 Å². The first-order valence-electron chi connectivity index (χ1n) is 12.2. The number of carbonyl (C=O) groups is 1. The lowest BCUT2D eigenvalue weighted by molar-refractivity contribution is 0.0992. The Labute approximate surface area is 210 Å². The number of rotatable bonds is 7. The summed E-state index contributed by atoms with van der Waals surface area (Å²) in [5.74, 6) is 1.56. The lowest BCUT2D eigenvalue weighted by Gasteiger charge is -2.33. The van der Waals surface area contributed by atoms with E-state index >= 15 is 0 Å². The minimum absolute atomic E-state index is 0.00843. The maximum atomic E-state index is 13.1. The van der Waals surface area contributed by atoms with E-state index in [2.05, 4.69) is 55.9 Å². The minimum atomic E-state index is 0.00843. The van der Waals surface area contributed by atoms with E-state index in [1.807, 2.05) is 24.3 Å². The molecule has 9 heteroatoms. The van der Waals surface area contributed by atoms with Crippen LogP contribution in [0.2, 0.25) is 0 Å². The fraction of sp³-hybridized carbons (Fsp3) is 0.333. The highest BCUT2D eigenvalue weighted by Gasteiger charge is 2.17. The van der Waals surface area contributed by atoms with Gasteiger partial charge in [-0.3, -0.25) is 14.8 Å². The Balaban J connectivity index is 1.35. The van der Waals surface area contributed by atoms with Crippen LogP contribution < -0.4 is 10.2 Å². The number of piperazine rings is 1. The maximum absolute atomic E-state index is 13.1. The van der Waals surface area contributed by atoms with Crippen LogP contribution in [0, 0.1) is 0 Å². The van der Waals surface area contributed by atoms with Crippen molar-refractivity contribution in [2.45, 2.75) is 26.3 Å². The molecule has 0 bridgehead atoms. The number of likely N-dealkylation sites (N-methyl/N-ethyl adjacent to an activating group) is 1. The van der Waals surface area contributed by atoms with Gasteiger partial charge in [0.15, 0.2) is 5.78 Å². The molecular weight excluding hydrogens is 452 g/mol. The number of fused-ring (bicyclic) bond motifs is 1. The predicted octanol–water partition coefficient (Wildman–Crippen LogP) is 3.48. The van der Waals surface area contributed by atoms with Gasteiger partial charge in [0.1, 0.15) is 17.3 Å². The first kappa shape index (κ1) is 23.7. The summed E-state index contributed by atoms with van der Waals surface area (Å²) in [6.07, 6.45) is 7.08. The van der Waals surface area contributed by atoms with Crippen LogP contribution in [-0.4, -0.2) is 74.9 Å². The van der Waals surface area contributed by atoms with Gasteiger partial charge < -0.3 is 15.1 Å². The van der Waals surface area contributed by atoms with Gasteiger partial charge >= 0.3 is 0 Å². The molecule has 4 aromatic rings. The van der Waals surface area contributed by atoms with Crippen LogP contribution >= 0.6 is 0 Å². The predicted molar refractivity (Wildman–Crippen MR) is 141 cm³/mol. The maximum Gasteiger partial charge on any atom is 0.169 e. The number of nitrogens with one attached hydrogen (secondary N) is 1. The number of ketones is 1. The normalized spacial score (nSPS) is 14.4. The van der Waals surface area contributed by atoms with E-state index in [1.54, 1.807) is 30.9 Å². The number of aromatic nitrogens is 5. The van der Waals surface area contributed by atoms with E-state index in [1.165, 1.54) is 0 Å². The molecule has 36 heavy (non-hydrogen) atoms. The summed E-state index contributed by atoms with van der Waals surface area (Å²) in [7, 11) is 2.12. The summed E-state index contributed by atoms with van der Waals surface area (Å²) in [6.45, 7) is 7.89. The average molecular weight is 483 g/mol. The molecule has 1 aliphatic rings. The van der Waals surface area contributed by atoms with Crippen molar-refractivity contribution in [2.24, 2.45) is 0 Å². The minimum Gasteiger partial charge on any atom is -0.367 e. The van der Waals surface area contributed by atoms with Crippen LogP contribution in [0.4, 0.5) is 11.6 Å². The topological polar surface area (TPSA) is 100 Å². The van der Waals surface area contributed by atoms with E-state index in [0.29, 0.717) is 22.8 Å². The third-order valence-corrected chi connectivity index (χ3v) is 6.20. The molecule has 0 radical (unpaired) electrons. The number of hydrogen-bond acceptors (Lipinski definition) is 9. The number of pyridine rings is 3. The standard InChI is InChI=1S/C27H30N8O/c1-18(2)31-26-17-28-16-24(33-26)22-5-4-20-15-30-21(13-23(20)32-22)14-25(36)19-6-7-29-27(12-19)35-10-8-34(3)9-11-35/h4-7,12-13,15-18H,8-11,14H2,1-3H3,(H,31,33). The zero-order valence-electron chi connectivity index (χ0n) is 20.8. The summed E-state index contributed by atoms with van der Waals surface area (Å²) in [4.78, 5) is 40.4. The van der Waals surface area contributed by atoms with Gasteiger partial charge in [-0.2, -0.15) is 0 Å². The summed E-state index contributed by atoms with van der Waals surface area (Å²) in [6, 6.07) is 9.67. The van der Waals surface area contributed by atoms with E-state index in [-0.39, 0.29) is 18.2 Å². The molecule has 0 aliphatic carbocycles. The molecule has 1 fully saturated rings. The van der Waals surface area contributed by atoms with Crippen LogP contribution in [0.15, 0.2) is 55.1 Å². The lowest BCUT2D eigenvalue weighted by atomic mass is 10.1. The highest BCUT2D eigenvalue weighted by atomic mass is 16.1. The van der Waals surface area contributed by atoms with Crippen LogP contribution in [-0.2, 0) is 6.42 Å². The Hall–Kier alpha value is -3.98. The molecular formula is C27H30N8O. The summed E-state index contributed by atoms with van der Waals surface area (Å²) in [5.41, 5.74) is 3.49. The second-order valence-corrected chi connectivity index (χ2v) is 9.45. The van der Waals surface area contributed by atoms with Crippen molar-refractivity contribution in [3.8, 4) is 11.4 Å². The van der Waals surface area contributed by atoms with Gasteiger partial charge in [-0.05, 0) is 51.2 Å². The lowest BCUT2D eigenvalue weighted by Crippen LogP contribution is -2.44. The fourth-order valence-electron chi connectivity index (χ4n) is 4.22. The van der Waals surface area contributed by atoms with Crippen LogP contribution in [0.25, 0.3) is 22.3 Å².